The van der Waals surface area contributed by atoms with E-state index in [9.17, 15) is 4.39 Å². The fraction of sp³-hybridized carbons (Fsp3) is 0.423. The van der Waals surface area contributed by atoms with Crippen molar-refractivity contribution in [3.8, 4) is 11.1 Å². The van der Waals surface area contributed by atoms with E-state index in [1.54, 1.807) is 10.6 Å². The number of fused-ring (bicyclic) bond motifs is 2. The molecule has 6 heteroatoms. The number of nitrogens with zero attached hydrogens (tertiary/aromatic N) is 5. The minimum atomic E-state index is -0.221. The Balaban J connectivity index is 0.000000180. The number of halogens is 1. The van der Waals surface area contributed by atoms with Gasteiger partial charge in [-0.05, 0) is 86.9 Å². The zero-order valence-corrected chi connectivity index (χ0v) is 20.1. The van der Waals surface area contributed by atoms with Gasteiger partial charge in [0, 0.05) is 24.0 Å². The topological polar surface area (TPSA) is 48.0 Å². The Hall–Kier alpha value is -3.02. The van der Waals surface area contributed by atoms with Crippen LogP contribution in [0.3, 0.4) is 0 Å². The third-order valence-electron chi connectivity index (χ3n) is 5.72. The Kier molecular flexibility index (Phi) is 7.78. The number of hydrogen-bond acceptors (Lipinski definition) is 3. The van der Waals surface area contributed by atoms with Crippen LogP contribution >= 0.6 is 0 Å². The van der Waals surface area contributed by atoms with Gasteiger partial charge < -0.3 is 0 Å². The van der Waals surface area contributed by atoms with Crippen LogP contribution in [0.2, 0.25) is 0 Å². The van der Waals surface area contributed by atoms with Crippen LogP contribution in [0.4, 0.5) is 4.39 Å². The van der Waals surface area contributed by atoms with Crippen molar-refractivity contribution in [1.82, 2.24) is 24.4 Å². The third kappa shape index (κ3) is 5.06. The molecule has 0 spiro atoms. The van der Waals surface area contributed by atoms with Gasteiger partial charge in [-0.2, -0.15) is 10.2 Å². The molecule has 1 atom stereocenters. The molecule has 0 N–H and O–H groups in total. The van der Waals surface area contributed by atoms with Crippen molar-refractivity contribution in [2.24, 2.45) is 5.92 Å². The quantitative estimate of drug-likeness (QED) is 0.376. The monoisotopic (exact) mass is 435 g/mol. The standard InChI is InChI=1S/C14H12FN3.C10H16N2.C2H6/c1-9-8-11(15)5-6-12(9)13-4-3-7-18-14(13)16-10(2)17-18;1-3-12-10-5-4-8(2)6-9(10)7-11-12;1-2/h3-8H,1-2H3;7-8H,3-6H2,1-2H3;1-2H3. The fourth-order valence-electron chi connectivity index (χ4n) is 4.20. The molecule has 4 aromatic rings. The molecule has 0 saturated heterocycles. The molecule has 5 rings (SSSR count). The zero-order valence-electron chi connectivity index (χ0n) is 20.1. The molecule has 0 radical (unpaired) electrons. The van der Waals surface area contributed by atoms with Crippen LogP contribution in [0.5, 0.6) is 0 Å². The van der Waals surface area contributed by atoms with Gasteiger partial charge in [0.2, 0.25) is 0 Å². The summed E-state index contributed by atoms with van der Waals surface area (Å²) in [7, 11) is 0. The number of rotatable bonds is 2. The number of benzene rings is 1. The van der Waals surface area contributed by atoms with Gasteiger partial charge in [0.25, 0.3) is 0 Å². The first-order valence-corrected chi connectivity index (χ1v) is 11.6. The maximum absolute atomic E-state index is 13.1. The van der Waals surface area contributed by atoms with Gasteiger partial charge in [-0.25, -0.2) is 13.9 Å². The van der Waals surface area contributed by atoms with Gasteiger partial charge in [-0.15, -0.1) is 0 Å². The molecule has 3 heterocycles. The lowest BCUT2D eigenvalue weighted by atomic mass is 9.89. The van der Waals surface area contributed by atoms with Gasteiger partial charge in [0.15, 0.2) is 5.65 Å². The van der Waals surface area contributed by atoms with Gasteiger partial charge >= 0.3 is 0 Å². The lowest BCUT2D eigenvalue weighted by molar-refractivity contribution is 0.479. The summed E-state index contributed by atoms with van der Waals surface area (Å²) < 4.78 is 17.0. The minimum absolute atomic E-state index is 0.221. The summed E-state index contributed by atoms with van der Waals surface area (Å²) in [5, 5.41) is 8.65. The molecule has 3 aromatic heterocycles. The molecule has 170 valence electrons. The van der Waals surface area contributed by atoms with Crippen LogP contribution in [0.25, 0.3) is 16.8 Å². The second-order valence-corrected chi connectivity index (χ2v) is 8.09. The second kappa shape index (κ2) is 10.5. The summed E-state index contributed by atoms with van der Waals surface area (Å²) in [5.74, 6) is 1.36. The summed E-state index contributed by atoms with van der Waals surface area (Å²) in [6.45, 7) is 13.3. The average Bonchev–Trinajstić information content (AvgIpc) is 3.37. The number of hydrogen-bond donors (Lipinski definition) is 0. The predicted molar refractivity (Wildman–Crippen MR) is 128 cm³/mol. The van der Waals surface area contributed by atoms with E-state index in [1.165, 1.54) is 42.7 Å². The average molecular weight is 436 g/mol. The molecule has 32 heavy (non-hydrogen) atoms. The Morgan fingerprint density at radius 2 is 1.91 bits per heavy atom. The first kappa shape index (κ1) is 23.6. The van der Waals surface area contributed by atoms with Crippen molar-refractivity contribution in [2.75, 3.05) is 0 Å². The van der Waals surface area contributed by atoms with E-state index in [2.05, 4.69) is 39.9 Å². The number of aryl methyl sites for hydroxylation is 3. The van der Waals surface area contributed by atoms with Crippen molar-refractivity contribution >= 4 is 5.65 Å². The summed E-state index contributed by atoms with van der Waals surface area (Å²) >= 11 is 0. The highest BCUT2D eigenvalue weighted by molar-refractivity contribution is 5.79. The summed E-state index contributed by atoms with van der Waals surface area (Å²) in [4.78, 5) is 4.41. The van der Waals surface area contributed by atoms with Crippen molar-refractivity contribution in [1.29, 1.82) is 0 Å². The van der Waals surface area contributed by atoms with Crippen LogP contribution in [-0.2, 0) is 19.4 Å². The lowest BCUT2D eigenvalue weighted by Crippen LogP contribution is -2.13. The SMILES string of the molecule is CC.CCn1ncc2c1CCC(C)C2.Cc1nc2c(-c3ccc(F)cc3C)cccn2n1. The van der Waals surface area contributed by atoms with Crippen LogP contribution in [0.1, 0.15) is 56.8 Å². The second-order valence-electron chi connectivity index (χ2n) is 8.09. The predicted octanol–water partition coefficient (Wildman–Crippen LogP) is 6.21. The van der Waals surface area contributed by atoms with E-state index in [0.29, 0.717) is 0 Å². The molecule has 0 fully saturated rings. The van der Waals surface area contributed by atoms with E-state index in [-0.39, 0.29) is 5.82 Å². The van der Waals surface area contributed by atoms with Crippen LogP contribution in [-0.4, -0.2) is 24.4 Å². The molecule has 1 aromatic carbocycles. The summed E-state index contributed by atoms with van der Waals surface area (Å²) in [6.07, 6.45) is 7.70. The van der Waals surface area contributed by atoms with Gasteiger partial charge in [-0.1, -0.05) is 26.8 Å². The molecule has 0 aliphatic heterocycles. The molecule has 1 aliphatic carbocycles. The highest BCUT2D eigenvalue weighted by Gasteiger charge is 2.18. The van der Waals surface area contributed by atoms with E-state index in [1.807, 2.05) is 46.0 Å². The molecule has 1 unspecified atom stereocenters. The highest BCUT2D eigenvalue weighted by atomic mass is 19.1. The fourth-order valence-corrected chi connectivity index (χ4v) is 4.20. The van der Waals surface area contributed by atoms with Crippen molar-refractivity contribution in [2.45, 2.75) is 67.3 Å². The minimum Gasteiger partial charge on any atom is -0.270 e. The van der Waals surface area contributed by atoms with E-state index in [0.717, 1.165) is 40.6 Å². The summed E-state index contributed by atoms with van der Waals surface area (Å²) in [5.41, 5.74) is 6.60. The largest absolute Gasteiger partial charge is 0.270 e. The van der Waals surface area contributed by atoms with Gasteiger partial charge in [0.05, 0.1) is 6.20 Å². The molecule has 0 bridgehead atoms. The first-order chi connectivity index (χ1) is 15.5. The van der Waals surface area contributed by atoms with Crippen LogP contribution in [0, 0.1) is 25.6 Å². The molecular formula is C26H34FN5. The molecular weight excluding hydrogens is 401 g/mol. The Labute approximate surface area is 190 Å². The number of pyridine rings is 1. The maximum atomic E-state index is 13.1. The molecule has 0 amide bonds. The van der Waals surface area contributed by atoms with Crippen LogP contribution in [0.15, 0.2) is 42.7 Å². The van der Waals surface area contributed by atoms with Gasteiger partial charge in [0.1, 0.15) is 11.6 Å². The van der Waals surface area contributed by atoms with E-state index < -0.39 is 0 Å². The Morgan fingerprint density at radius 3 is 2.62 bits per heavy atom. The molecule has 5 nitrogen and oxygen atoms in total. The smallest absolute Gasteiger partial charge is 0.163 e. The van der Waals surface area contributed by atoms with Crippen molar-refractivity contribution in [3.05, 3.63) is 71.2 Å². The lowest BCUT2D eigenvalue weighted by Gasteiger charge is -2.18. The summed E-state index contributed by atoms with van der Waals surface area (Å²) in [6, 6.07) is 8.67. The van der Waals surface area contributed by atoms with Gasteiger partial charge in [-0.3, -0.25) is 4.68 Å². The van der Waals surface area contributed by atoms with Crippen molar-refractivity contribution < 1.29 is 4.39 Å². The van der Waals surface area contributed by atoms with E-state index >= 15 is 0 Å². The molecule has 0 saturated carbocycles. The Morgan fingerprint density at radius 1 is 1.12 bits per heavy atom. The highest BCUT2D eigenvalue weighted by Crippen LogP contribution is 2.27. The molecule has 1 aliphatic rings. The normalized spacial score (nSPS) is 14.8. The first-order valence-electron chi connectivity index (χ1n) is 11.6. The zero-order chi connectivity index (χ0) is 23.3. The van der Waals surface area contributed by atoms with Crippen molar-refractivity contribution in [3.63, 3.8) is 0 Å². The maximum Gasteiger partial charge on any atom is 0.163 e. The number of aromatic nitrogens is 5. The third-order valence-corrected chi connectivity index (χ3v) is 5.72. The Bertz CT molecular complexity index is 1170. The van der Waals surface area contributed by atoms with Crippen LogP contribution < -0.4 is 0 Å². The van der Waals surface area contributed by atoms with E-state index in [4.69, 9.17) is 0 Å².